The standard InChI is InChI=1S/C18H25ClFN3O4/c1-18(2,3)27-17(25)22-13-8-6-5-7-12(13)21-15-11(20)9-10(14(19)23-15)16(24)26-4/h9,12-13H,5-8H2,1-4H3,(H,21,23)(H,22,25)/t12?,13-/m0/s1. The molecule has 1 fully saturated rings. The summed E-state index contributed by atoms with van der Waals surface area (Å²) in [5.41, 5.74) is -0.749. The monoisotopic (exact) mass is 401 g/mol. The molecule has 0 bridgehead atoms. The number of pyridine rings is 1. The molecule has 1 unspecified atom stereocenters. The van der Waals surface area contributed by atoms with E-state index in [4.69, 9.17) is 16.3 Å². The van der Waals surface area contributed by atoms with Gasteiger partial charge in [0.05, 0.1) is 13.2 Å². The van der Waals surface area contributed by atoms with E-state index in [2.05, 4.69) is 20.4 Å². The first kappa shape index (κ1) is 21.2. The van der Waals surface area contributed by atoms with Gasteiger partial charge >= 0.3 is 12.1 Å². The van der Waals surface area contributed by atoms with Gasteiger partial charge in [0, 0.05) is 6.04 Å². The van der Waals surface area contributed by atoms with Crippen LogP contribution < -0.4 is 10.6 Å². The number of nitrogens with one attached hydrogen (secondary N) is 2. The number of ether oxygens (including phenoxy) is 2. The van der Waals surface area contributed by atoms with Gasteiger partial charge < -0.3 is 20.1 Å². The number of rotatable bonds is 4. The van der Waals surface area contributed by atoms with Gasteiger partial charge in [0.15, 0.2) is 11.6 Å². The van der Waals surface area contributed by atoms with Crippen LogP contribution in [0.5, 0.6) is 0 Å². The number of esters is 1. The van der Waals surface area contributed by atoms with Gasteiger partial charge in [-0.1, -0.05) is 24.4 Å². The van der Waals surface area contributed by atoms with Crippen LogP contribution in [0.2, 0.25) is 5.15 Å². The Morgan fingerprint density at radius 3 is 2.48 bits per heavy atom. The Kier molecular flexibility index (Phi) is 6.86. The van der Waals surface area contributed by atoms with Gasteiger partial charge in [0.1, 0.15) is 16.3 Å². The smallest absolute Gasteiger partial charge is 0.407 e. The SMILES string of the molecule is COC(=O)c1cc(F)c(NC2CCCC[C@@H]2NC(=O)OC(C)(C)C)nc1Cl. The number of hydrogen-bond donors (Lipinski definition) is 2. The Balaban J connectivity index is 2.13. The zero-order valence-corrected chi connectivity index (χ0v) is 16.7. The first-order chi connectivity index (χ1) is 12.6. The van der Waals surface area contributed by atoms with E-state index in [0.29, 0.717) is 0 Å². The molecule has 0 aliphatic heterocycles. The molecule has 1 aliphatic carbocycles. The molecule has 7 nitrogen and oxygen atoms in total. The van der Waals surface area contributed by atoms with Crippen LogP contribution in [0.4, 0.5) is 15.0 Å². The molecule has 1 heterocycles. The van der Waals surface area contributed by atoms with Gasteiger partial charge in [0.25, 0.3) is 0 Å². The molecule has 2 N–H and O–H groups in total. The summed E-state index contributed by atoms with van der Waals surface area (Å²) in [7, 11) is 1.18. The summed E-state index contributed by atoms with van der Waals surface area (Å²) in [4.78, 5) is 27.6. The minimum absolute atomic E-state index is 0.0736. The summed E-state index contributed by atoms with van der Waals surface area (Å²) in [6, 6.07) is 0.505. The number of carbonyl (C=O) groups is 2. The quantitative estimate of drug-likeness (QED) is 0.587. The lowest BCUT2D eigenvalue weighted by Gasteiger charge is -2.33. The Bertz CT molecular complexity index is 709. The molecule has 27 heavy (non-hydrogen) atoms. The second-order valence-electron chi connectivity index (χ2n) is 7.44. The third-order valence-corrected chi connectivity index (χ3v) is 4.41. The van der Waals surface area contributed by atoms with Gasteiger partial charge in [-0.2, -0.15) is 0 Å². The average Bonchev–Trinajstić information content (AvgIpc) is 2.57. The summed E-state index contributed by atoms with van der Waals surface area (Å²) < 4.78 is 24.2. The summed E-state index contributed by atoms with van der Waals surface area (Å²) in [5, 5.41) is 5.68. The molecule has 0 aromatic carbocycles. The highest BCUT2D eigenvalue weighted by Gasteiger charge is 2.29. The minimum atomic E-state index is -0.764. The molecule has 0 radical (unpaired) electrons. The molecule has 9 heteroatoms. The lowest BCUT2D eigenvalue weighted by Crippen LogP contribution is -2.50. The number of amides is 1. The van der Waals surface area contributed by atoms with Crippen LogP contribution in [-0.2, 0) is 9.47 Å². The number of nitrogens with zero attached hydrogens (tertiary/aromatic N) is 1. The maximum Gasteiger partial charge on any atom is 0.407 e. The maximum absolute atomic E-state index is 14.4. The number of carbonyl (C=O) groups excluding carboxylic acids is 2. The first-order valence-electron chi connectivity index (χ1n) is 8.81. The largest absolute Gasteiger partial charge is 0.465 e. The number of aromatic nitrogens is 1. The van der Waals surface area contributed by atoms with E-state index in [1.54, 1.807) is 20.8 Å². The van der Waals surface area contributed by atoms with Crippen molar-refractivity contribution in [3.05, 3.63) is 22.6 Å². The van der Waals surface area contributed by atoms with Crippen molar-refractivity contribution in [3.8, 4) is 0 Å². The van der Waals surface area contributed by atoms with Crippen LogP contribution in [-0.4, -0.2) is 41.8 Å². The van der Waals surface area contributed by atoms with Crippen molar-refractivity contribution in [1.82, 2.24) is 10.3 Å². The first-order valence-corrected chi connectivity index (χ1v) is 9.19. The number of alkyl carbamates (subject to hydrolysis) is 1. The van der Waals surface area contributed by atoms with E-state index >= 15 is 0 Å². The van der Waals surface area contributed by atoms with Crippen molar-refractivity contribution < 1.29 is 23.5 Å². The van der Waals surface area contributed by atoms with E-state index in [-0.39, 0.29) is 28.6 Å². The highest BCUT2D eigenvalue weighted by molar-refractivity contribution is 6.32. The van der Waals surface area contributed by atoms with Crippen LogP contribution in [0.3, 0.4) is 0 Å². The lowest BCUT2D eigenvalue weighted by molar-refractivity contribution is 0.0487. The maximum atomic E-state index is 14.4. The highest BCUT2D eigenvalue weighted by atomic mass is 35.5. The van der Waals surface area contributed by atoms with Gasteiger partial charge in [-0.3, -0.25) is 0 Å². The van der Waals surface area contributed by atoms with Crippen LogP contribution >= 0.6 is 11.6 Å². The summed E-state index contributed by atoms with van der Waals surface area (Å²) in [6.45, 7) is 5.36. The Morgan fingerprint density at radius 2 is 1.89 bits per heavy atom. The van der Waals surface area contributed by atoms with Crippen LogP contribution in [0, 0.1) is 5.82 Å². The fraction of sp³-hybridized carbons (Fsp3) is 0.611. The normalized spacial score (nSPS) is 19.9. The van der Waals surface area contributed by atoms with Crippen molar-refractivity contribution in [2.75, 3.05) is 12.4 Å². The fourth-order valence-electron chi connectivity index (χ4n) is 2.93. The van der Waals surface area contributed by atoms with Gasteiger partial charge in [0.2, 0.25) is 0 Å². The van der Waals surface area contributed by atoms with E-state index in [9.17, 15) is 14.0 Å². The van der Waals surface area contributed by atoms with Gasteiger partial charge in [-0.05, 0) is 39.7 Å². The van der Waals surface area contributed by atoms with Crippen LogP contribution in [0.1, 0.15) is 56.8 Å². The van der Waals surface area contributed by atoms with Crippen molar-refractivity contribution >= 4 is 29.5 Å². The number of anilines is 1. The molecular formula is C18H25ClFN3O4. The molecule has 2 rings (SSSR count). The number of hydrogen-bond acceptors (Lipinski definition) is 6. The molecule has 1 aromatic rings. The number of methoxy groups -OCH3 is 1. The Hall–Kier alpha value is -2.09. The van der Waals surface area contributed by atoms with Crippen LogP contribution in [0.25, 0.3) is 0 Å². The zero-order valence-electron chi connectivity index (χ0n) is 15.9. The van der Waals surface area contributed by atoms with E-state index in [0.717, 1.165) is 31.7 Å². The molecule has 2 atom stereocenters. The predicted molar refractivity (Wildman–Crippen MR) is 99.6 cm³/mol. The lowest BCUT2D eigenvalue weighted by atomic mass is 9.90. The number of halogens is 2. The highest BCUT2D eigenvalue weighted by Crippen LogP contribution is 2.26. The molecular weight excluding hydrogens is 377 g/mol. The van der Waals surface area contributed by atoms with Crippen molar-refractivity contribution in [2.45, 2.75) is 64.1 Å². The van der Waals surface area contributed by atoms with E-state index in [1.807, 2.05) is 0 Å². The van der Waals surface area contributed by atoms with Gasteiger partial charge in [-0.15, -0.1) is 0 Å². The minimum Gasteiger partial charge on any atom is -0.465 e. The average molecular weight is 402 g/mol. The third-order valence-electron chi connectivity index (χ3n) is 4.13. The summed E-state index contributed by atoms with van der Waals surface area (Å²) >= 11 is 5.98. The second kappa shape index (κ2) is 8.73. The third kappa shape index (κ3) is 5.95. The van der Waals surface area contributed by atoms with Crippen molar-refractivity contribution in [2.24, 2.45) is 0 Å². The fourth-order valence-corrected chi connectivity index (χ4v) is 3.15. The summed E-state index contributed by atoms with van der Waals surface area (Å²) in [6.07, 6.45) is 2.80. The molecule has 1 aliphatic rings. The molecule has 1 amide bonds. The van der Waals surface area contributed by atoms with Crippen molar-refractivity contribution in [1.29, 1.82) is 0 Å². The predicted octanol–water partition coefficient (Wildman–Crippen LogP) is 3.91. The molecule has 150 valence electrons. The summed E-state index contributed by atoms with van der Waals surface area (Å²) in [5.74, 6) is -1.56. The van der Waals surface area contributed by atoms with E-state index in [1.165, 1.54) is 7.11 Å². The molecule has 0 saturated heterocycles. The second-order valence-corrected chi connectivity index (χ2v) is 7.79. The molecule has 0 spiro atoms. The van der Waals surface area contributed by atoms with E-state index < -0.39 is 23.5 Å². The Morgan fingerprint density at radius 1 is 1.26 bits per heavy atom. The topological polar surface area (TPSA) is 89.6 Å². The van der Waals surface area contributed by atoms with Gasteiger partial charge in [-0.25, -0.2) is 19.0 Å². The zero-order chi connectivity index (χ0) is 20.2. The van der Waals surface area contributed by atoms with Crippen LogP contribution in [0.15, 0.2) is 6.07 Å². The molecule has 1 saturated carbocycles. The molecule has 1 aromatic heterocycles. The Labute approximate surface area is 163 Å². The van der Waals surface area contributed by atoms with Crippen molar-refractivity contribution in [3.63, 3.8) is 0 Å².